The van der Waals surface area contributed by atoms with E-state index in [2.05, 4.69) is 19.2 Å². The van der Waals surface area contributed by atoms with Crippen LogP contribution < -0.4 is 10.1 Å². The third-order valence-electron chi connectivity index (χ3n) is 3.30. The number of hydrogen-bond acceptors (Lipinski definition) is 4. The third-order valence-corrected chi connectivity index (χ3v) is 4.24. The van der Waals surface area contributed by atoms with Gasteiger partial charge in [-0.05, 0) is 43.9 Å². The van der Waals surface area contributed by atoms with Gasteiger partial charge in [0.25, 0.3) is 0 Å². The summed E-state index contributed by atoms with van der Waals surface area (Å²) in [6.45, 7) is 6.92. The molecule has 0 saturated heterocycles. The first kappa shape index (κ1) is 17.3. The highest BCUT2D eigenvalue weighted by molar-refractivity contribution is 7.99. The van der Waals surface area contributed by atoms with Gasteiger partial charge in [-0.1, -0.05) is 18.6 Å². The zero-order valence-corrected chi connectivity index (χ0v) is 13.8. The number of aryl methyl sites for hydroxylation is 1. The summed E-state index contributed by atoms with van der Waals surface area (Å²) in [5.41, 5.74) is 1.99. The number of thioether (sulfide) groups is 1. The molecule has 0 spiro atoms. The average Bonchev–Trinajstić information content (AvgIpc) is 2.45. The van der Waals surface area contributed by atoms with E-state index in [1.165, 1.54) is 0 Å². The summed E-state index contributed by atoms with van der Waals surface area (Å²) in [6.07, 6.45) is 0.585. The Morgan fingerprint density at radius 1 is 1.40 bits per heavy atom. The van der Waals surface area contributed by atoms with Crippen molar-refractivity contribution in [2.24, 2.45) is 0 Å². The van der Waals surface area contributed by atoms with Crippen LogP contribution in [0.25, 0.3) is 0 Å². The Hall–Kier alpha value is -0.710. The van der Waals surface area contributed by atoms with Crippen molar-refractivity contribution < 1.29 is 9.84 Å². The molecule has 0 heterocycles. The van der Waals surface area contributed by atoms with Crippen LogP contribution >= 0.6 is 11.8 Å². The molecule has 4 heteroatoms. The molecule has 0 amide bonds. The van der Waals surface area contributed by atoms with E-state index in [0.717, 1.165) is 34.8 Å². The van der Waals surface area contributed by atoms with Crippen molar-refractivity contribution in [2.75, 3.05) is 25.2 Å². The summed E-state index contributed by atoms with van der Waals surface area (Å²) >= 11 is 1.95. The maximum atomic E-state index is 10.3. The van der Waals surface area contributed by atoms with Gasteiger partial charge in [-0.25, -0.2) is 0 Å². The van der Waals surface area contributed by atoms with Gasteiger partial charge >= 0.3 is 0 Å². The molecule has 2 N–H and O–H groups in total. The standard InChI is InChI=1S/C16H27NO2S/c1-5-20-9-8-13(3)17-11-15(18)14-10-12(2)6-7-16(14)19-4/h6-7,10,13,15,17-18H,5,8-9,11H2,1-4H3. The zero-order chi connectivity index (χ0) is 15.0. The van der Waals surface area contributed by atoms with Gasteiger partial charge in [-0.15, -0.1) is 0 Å². The number of ether oxygens (including phenoxy) is 1. The summed E-state index contributed by atoms with van der Waals surface area (Å²) in [5, 5.41) is 13.7. The van der Waals surface area contributed by atoms with Gasteiger partial charge in [0.1, 0.15) is 5.75 Å². The lowest BCUT2D eigenvalue weighted by molar-refractivity contribution is 0.166. The maximum Gasteiger partial charge on any atom is 0.124 e. The van der Waals surface area contributed by atoms with Crippen molar-refractivity contribution in [3.63, 3.8) is 0 Å². The number of aliphatic hydroxyl groups excluding tert-OH is 1. The fourth-order valence-electron chi connectivity index (χ4n) is 2.04. The highest BCUT2D eigenvalue weighted by Crippen LogP contribution is 2.26. The van der Waals surface area contributed by atoms with Crippen molar-refractivity contribution in [1.29, 1.82) is 0 Å². The predicted octanol–water partition coefficient (Wildman–Crippen LogP) is 3.16. The fraction of sp³-hybridized carbons (Fsp3) is 0.625. The van der Waals surface area contributed by atoms with Crippen LogP contribution in [0.5, 0.6) is 5.75 Å². The van der Waals surface area contributed by atoms with Crippen molar-refractivity contribution in [1.82, 2.24) is 5.32 Å². The van der Waals surface area contributed by atoms with Crippen LogP contribution in [0, 0.1) is 6.92 Å². The largest absolute Gasteiger partial charge is 0.496 e. The van der Waals surface area contributed by atoms with Gasteiger partial charge < -0.3 is 15.2 Å². The van der Waals surface area contributed by atoms with Crippen LogP contribution in [-0.4, -0.2) is 36.3 Å². The van der Waals surface area contributed by atoms with E-state index in [-0.39, 0.29) is 0 Å². The van der Waals surface area contributed by atoms with E-state index in [0.29, 0.717) is 12.6 Å². The number of methoxy groups -OCH3 is 1. The Bertz CT molecular complexity index is 398. The van der Waals surface area contributed by atoms with E-state index in [9.17, 15) is 5.11 Å². The number of benzene rings is 1. The van der Waals surface area contributed by atoms with Gasteiger partial charge in [-0.2, -0.15) is 11.8 Å². The van der Waals surface area contributed by atoms with Crippen LogP contribution in [0.2, 0.25) is 0 Å². The minimum Gasteiger partial charge on any atom is -0.496 e. The third kappa shape index (κ3) is 5.73. The summed E-state index contributed by atoms with van der Waals surface area (Å²) in [6, 6.07) is 6.31. The number of aliphatic hydroxyl groups is 1. The second-order valence-corrected chi connectivity index (χ2v) is 6.45. The molecule has 0 bridgehead atoms. The Balaban J connectivity index is 2.50. The molecule has 0 aliphatic carbocycles. The summed E-state index contributed by atoms with van der Waals surface area (Å²) in [7, 11) is 1.64. The first-order valence-corrected chi connectivity index (χ1v) is 8.37. The Morgan fingerprint density at radius 2 is 2.15 bits per heavy atom. The lowest BCUT2D eigenvalue weighted by atomic mass is 10.0. The Kier molecular flexibility index (Phi) is 8.04. The van der Waals surface area contributed by atoms with Gasteiger partial charge in [0, 0.05) is 18.2 Å². The molecule has 1 aromatic carbocycles. The summed E-state index contributed by atoms with van der Waals surface area (Å²) in [4.78, 5) is 0. The van der Waals surface area contributed by atoms with Crippen molar-refractivity contribution >= 4 is 11.8 Å². The van der Waals surface area contributed by atoms with Gasteiger partial charge in [0.05, 0.1) is 13.2 Å². The van der Waals surface area contributed by atoms with Crippen LogP contribution in [0.15, 0.2) is 18.2 Å². The van der Waals surface area contributed by atoms with Crippen LogP contribution in [-0.2, 0) is 0 Å². The molecule has 0 aromatic heterocycles. The smallest absolute Gasteiger partial charge is 0.124 e. The molecule has 3 nitrogen and oxygen atoms in total. The summed E-state index contributed by atoms with van der Waals surface area (Å²) in [5.74, 6) is 3.07. The molecule has 20 heavy (non-hydrogen) atoms. The first-order valence-electron chi connectivity index (χ1n) is 7.22. The minimum atomic E-state index is -0.536. The topological polar surface area (TPSA) is 41.5 Å². The quantitative estimate of drug-likeness (QED) is 0.687. The molecule has 114 valence electrons. The van der Waals surface area contributed by atoms with E-state index in [4.69, 9.17) is 4.74 Å². The molecule has 0 fully saturated rings. The average molecular weight is 297 g/mol. The molecular formula is C16H27NO2S. The van der Waals surface area contributed by atoms with E-state index >= 15 is 0 Å². The monoisotopic (exact) mass is 297 g/mol. The molecule has 1 rings (SSSR count). The highest BCUT2D eigenvalue weighted by Gasteiger charge is 2.14. The zero-order valence-electron chi connectivity index (χ0n) is 13.0. The fourth-order valence-corrected chi connectivity index (χ4v) is 2.85. The van der Waals surface area contributed by atoms with Gasteiger partial charge in [0.2, 0.25) is 0 Å². The second kappa shape index (κ2) is 9.27. The lowest BCUT2D eigenvalue weighted by Gasteiger charge is -2.19. The predicted molar refractivity (Wildman–Crippen MR) is 87.8 cm³/mol. The molecule has 0 saturated carbocycles. The molecule has 2 atom stereocenters. The van der Waals surface area contributed by atoms with Crippen LogP contribution in [0.1, 0.15) is 37.5 Å². The van der Waals surface area contributed by atoms with Gasteiger partial charge in [-0.3, -0.25) is 0 Å². The van der Waals surface area contributed by atoms with E-state index in [1.54, 1.807) is 7.11 Å². The van der Waals surface area contributed by atoms with E-state index < -0.39 is 6.10 Å². The second-order valence-electron chi connectivity index (χ2n) is 5.06. The summed E-state index contributed by atoms with van der Waals surface area (Å²) < 4.78 is 5.32. The first-order chi connectivity index (χ1) is 9.58. The SMILES string of the molecule is CCSCCC(C)NCC(O)c1cc(C)ccc1OC. The maximum absolute atomic E-state index is 10.3. The van der Waals surface area contributed by atoms with E-state index in [1.807, 2.05) is 36.9 Å². The highest BCUT2D eigenvalue weighted by atomic mass is 32.2. The normalized spacial score (nSPS) is 14.1. The molecule has 0 aliphatic rings. The molecule has 0 radical (unpaired) electrons. The molecule has 2 unspecified atom stereocenters. The minimum absolute atomic E-state index is 0.416. The lowest BCUT2D eigenvalue weighted by Crippen LogP contribution is -2.31. The number of hydrogen-bond donors (Lipinski definition) is 2. The molecular weight excluding hydrogens is 270 g/mol. The van der Waals surface area contributed by atoms with Crippen molar-refractivity contribution in [3.05, 3.63) is 29.3 Å². The van der Waals surface area contributed by atoms with Crippen LogP contribution in [0.3, 0.4) is 0 Å². The Morgan fingerprint density at radius 3 is 2.80 bits per heavy atom. The Labute approximate surface area is 127 Å². The molecule has 0 aliphatic heterocycles. The van der Waals surface area contributed by atoms with Crippen LogP contribution in [0.4, 0.5) is 0 Å². The van der Waals surface area contributed by atoms with Crippen molar-refractivity contribution in [3.8, 4) is 5.75 Å². The number of nitrogens with one attached hydrogen (secondary N) is 1. The van der Waals surface area contributed by atoms with Gasteiger partial charge in [0.15, 0.2) is 0 Å². The van der Waals surface area contributed by atoms with Crippen molar-refractivity contribution in [2.45, 2.75) is 39.3 Å². The molecule has 1 aromatic rings. The number of rotatable bonds is 9.